The van der Waals surface area contributed by atoms with Gasteiger partial charge in [0.25, 0.3) is 0 Å². The van der Waals surface area contributed by atoms with E-state index in [1.807, 2.05) is 22.8 Å². The first-order chi connectivity index (χ1) is 11.1. The van der Waals surface area contributed by atoms with E-state index in [2.05, 4.69) is 16.0 Å². The van der Waals surface area contributed by atoms with Gasteiger partial charge >= 0.3 is 5.95 Å². The summed E-state index contributed by atoms with van der Waals surface area (Å²) in [4.78, 5) is 12.7. The van der Waals surface area contributed by atoms with E-state index < -0.39 is 0 Å². The second-order valence-electron chi connectivity index (χ2n) is 5.53. The number of rotatable bonds is 3. The quantitative estimate of drug-likeness (QED) is 0.531. The van der Waals surface area contributed by atoms with E-state index in [9.17, 15) is 4.79 Å². The van der Waals surface area contributed by atoms with Crippen molar-refractivity contribution >= 4 is 46.0 Å². The normalized spacial score (nSPS) is 12.6. The summed E-state index contributed by atoms with van der Waals surface area (Å²) in [5, 5.41) is 4.21. The van der Waals surface area contributed by atoms with Gasteiger partial charge in [-0.2, -0.15) is 0 Å². The number of nitrogens with zero attached hydrogens (tertiary/aromatic N) is 2. The van der Waals surface area contributed by atoms with Gasteiger partial charge in [0.2, 0.25) is 0 Å². The molecule has 0 bridgehead atoms. The standard InChI is InChI=1S/C17H13Cl2N3O.ClH/c18-12-6-5-11(9-13(12)19)16(23)10-22-15-4-2-1-3-14(15)21-8-7-20-17(21)22;/h1-6,9H,7-8,10H2;1H. The number of halogens is 3. The fourth-order valence-electron chi connectivity index (χ4n) is 3.06. The van der Waals surface area contributed by atoms with Crippen LogP contribution in [-0.2, 0) is 13.1 Å². The van der Waals surface area contributed by atoms with Crippen LogP contribution in [0.5, 0.6) is 0 Å². The molecule has 0 spiro atoms. The van der Waals surface area contributed by atoms with E-state index in [1.54, 1.807) is 18.2 Å². The molecule has 4 nitrogen and oxygen atoms in total. The van der Waals surface area contributed by atoms with E-state index in [-0.39, 0.29) is 24.7 Å². The Balaban J connectivity index is 0.00000169. The smallest absolute Gasteiger partial charge is 0.359 e. The van der Waals surface area contributed by atoms with Gasteiger partial charge < -0.3 is 12.4 Å². The van der Waals surface area contributed by atoms with Crippen LogP contribution in [0.3, 0.4) is 0 Å². The molecular weight excluding hydrogens is 369 g/mol. The van der Waals surface area contributed by atoms with Gasteiger partial charge in [-0.25, -0.2) is 9.13 Å². The zero-order valence-electron chi connectivity index (χ0n) is 12.6. The minimum atomic E-state index is 0. The number of ketones is 1. The second-order valence-corrected chi connectivity index (χ2v) is 6.34. The molecule has 0 amide bonds. The van der Waals surface area contributed by atoms with Crippen LogP contribution >= 0.6 is 23.2 Å². The minimum Gasteiger partial charge on any atom is -1.00 e. The van der Waals surface area contributed by atoms with Crippen LogP contribution in [0.15, 0.2) is 42.5 Å². The summed E-state index contributed by atoms with van der Waals surface area (Å²) >= 11 is 11.9. The Morgan fingerprint density at radius 1 is 1.17 bits per heavy atom. The molecule has 1 aromatic heterocycles. The lowest BCUT2D eigenvalue weighted by atomic mass is 10.1. The van der Waals surface area contributed by atoms with Crippen molar-refractivity contribution in [1.82, 2.24) is 4.57 Å². The van der Waals surface area contributed by atoms with Gasteiger partial charge in [0, 0.05) is 5.56 Å². The van der Waals surface area contributed by atoms with Crippen LogP contribution in [0.25, 0.3) is 11.0 Å². The van der Waals surface area contributed by atoms with Crippen molar-refractivity contribution in [3.8, 4) is 0 Å². The highest BCUT2D eigenvalue weighted by Gasteiger charge is 2.29. The molecule has 0 atom stereocenters. The SMILES string of the molecule is O=C(Cn1c2[n+](c3ccccc31)CCN2)c1ccc(Cl)c(Cl)c1.[Cl-]. The van der Waals surface area contributed by atoms with E-state index in [0.717, 1.165) is 30.1 Å². The number of hydrogen-bond acceptors (Lipinski definition) is 2. The average Bonchev–Trinajstić information content (AvgIpc) is 3.13. The molecule has 0 aliphatic carbocycles. The molecule has 1 aliphatic heterocycles. The molecule has 2 aromatic carbocycles. The third-order valence-electron chi connectivity index (χ3n) is 4.14. The average molecular weight is 383 g/mol. The fraction of sp³-hybridized carbons (Fsp3) is 0.176. The molecule has 0 unspecified atom stereocenters. The van der Waals surface area contributed by atoms with Crippen LogP contribution in [0.4, 0.5) is 5.95 Å². The third kappa shape index (κ3) is 2.75. The lowest BCUT2D eigenvalue weighted by Crippen LogP contribution is -3.00. The van der Waals surface area contributed by atoms with Gasteiger partial charge in [-0.15, -0.1) is 0 Å². The van der Waals surface area contributed by atoms with Crippen LogP contribution in [0.2, 0.25) is 10.0 Å². The van der Waals surface area contributed by atoms with Gasteiger partial charge in [0.15, 0.2) is 5.78 Å². The summed E-state index contributed by atoms with van der Waals surface area (Å²) in [6.45, 7) is 2.04. The molecule has 2 heterocycles. The van der Waals surface area contributed by atoms with Gasteiger partial charge in [-0.1, -0.05) is 35.3 Å². The van der Waals surface area contributed by atoms with Crippen molar-refractivity contribution in [2.75, 3.05) is 11.9 Å². The Hall–Kier alpha value is -1.75. The number of benzene rings is 2. The molecule has 3 aromatic rings. The number of fused-ring (bicyclic) bond motifs is 3. The van der Waals surface area contributed by atoms with Crippen LogP contribution in [-0.4, -0.2) is 16.9 Å². The Morgan fingerprint density at radius 3 is 2.75 bits per heavy atom. The van der Waals surface area contributed by atoms with Crippen molar-refractivity contribution in [1.29, 1.82) is 0 Å². The Kier molecular flexibility index (Phi) is 4.72. The Morgan fingerprint density at radius 2 is 1.96 bits per heavy atom. The van der Waals surface area contributed by atoms with Gasteiger partial charge in [-0.05, 0) is 30.3 Å². The van der Waals surface area contributed by atoms with Crippen LogP contribution in [0, 0.1) is 0 Å². The number of imidazole rings is 1. The second kappa shape index (κ2) is 6.63. The maximum absolute atomic E-state index is 12.7. The van der Waals surface area contributed by atoms with Gasteiger partial charge in [-0.3, -0.25) is 10.1 Å². The maximum Gasteiger partial charge on any atom is 0.359 e. The lowest BCUT2D eigenvalue weighted by molar-refractivity contribution is -0.644. The largest absolute Gasteiger partial charge is 1.00 e. The monoisotopic (exact) mass is 381 g/mol. The molecule has 4 rings (SSSR count). The zero-order valence-corrected chi connectivity index (χ0v) is 14.9. The number of nitrogens with one attached hydrogen (secondary N) is 1. The minimum absolute atomic E-state index is 0. The molecule has 0 saturated heterocycles. The number of carbonyl (C=O) groups excluding carboxylic acids is 1. The molecular formula is C17H14Cl3N3O. The number of carbonyl (C=O) groups is 1. The Bertz CT molecular complexity index is 936. The number of para-hydroxylation sites is 2. The van der Waals surface area contributed by atoms with Crippen molar-refractivity contribution in [3.63, 3.8) is 0 Å². The molecule has 0 fully saturated rings. The first-order valence-corrected chi connectivity index (χ1v) is 8.14. The Labute approximate surface area is 155 Å². The highest BCUT2D eigenvalue weighted by molar-refractivity contribution is 6.42. The van der Waals surface area contributed by atoms with Crippen molar-refractivity contribution < 1.29 is 21.8 Å². The summed E-state index contributed by atoms with van der Waals surface area (Å²) in [6, 6.07) is 13.1. The molecule has 24 heavy (non-hydrogen) atoms. The van der Waals surface area contributed by atoms with E-state index >= 15 is 0 Å². The molecule has 124 valence electrons. The molecule has 1 N–H and O–H groups in total. The fourth-order valence-corrected chi connectivity index (χ4v) is 3.35. The topological polar surface area (TPSA) is 37.9 Å². The summed E-state index contributed by atoms with van der Waals surface area (Å²) < 4.78 is 4.23. The summed E-state index contributed by atoms with van der Waals surface area (Å²) in [7, 11) is 0. The van der Waals surface area contributed by atoms with Crippen molar-refractivity contribution in [2.45, 2.75) is 13.1 Å². The van der Waals surface area contributed by atoms with Crippen molar-refractivity contribution in [2.24, 2.45) is 0 Å². The van der Waals surface area contributed by atoms with E-state index in [1.165, 1.54) is 0 Å². The molecule has 0 radical (unpaired) electrons. The number of anilines is 1. The van der Waals surface area contributed by atoms with Crippen LogP contribution < -0.4 is 22.3 Å². The lowest BCUT2D eigenvalue weighted by Gasteiger charge is -2.04. The first-order valence-electron chi connectivity index (χ1n) is 7.38. The summed E-state index contributed by atoms with van der Waals surface area (Å²) in [5.41, 5.74) is 2.74. The number of Topliss-reactive ketones (excluding diaryl/α,β-unsaturated/α-hetero) is 1. The van der Waals surface area contributed by atoms with E-state index in [0.29, 0.717) is 15.6 Å². The predicted molar refractivity (Wildman–Crippen MR) is 91.4 cm³/mol. The summed E-state index contributed by atoms with van der Waals surface area (Å²) in [5.74, 6) is 0.973. The molecule has 0 saturated carbocycles. The number of aromatic nitrogens is 2. The molecule has 1 aliphatic rings. The van der Waals surface area contributed by atoms with Gasteiger partial charge in [0.05, 0.1) is 16.6 Å². The van der Waals surface area contributed by atoms with Crippen molar-refractivity contribution in [3.05, 3.63) is 58.1 Å². The predicted octanol–water partition coefficient (Wildman–Crippen LogP) is 0.548. The number of hydrogen-bond donors (Lipinski definition) is 1. The highest BCUT2D eigenvalue weighted by atomic mass is 35.5. The highest BCUT2D eigenvalue weighted by Crippen LogP contribution is 2.24. The summed E-state index contributed by atoms with van der Waals surface area (Å²) in [6.07, 6.45) is 0. The molecule has 7 heteroatoms. The van der Waals surface area contributed by atoms with E-state index in [4.69, 9.17) is 23.2 Å². The van der Waals surface area contributed by atoms with Gasteiger partial charge in [0.1, 0.15) is 24.1 Å². The third-order valence-corrected chi connectivity index (χ3v) is 4.88. The zero-order chi connectivity index (χ0) is 16.0. The van der Waals surface area contributed by atoms with Crippen LogP contribution in [0.1, 0.15) is 10.4 Å². The maximum atomic E-state index is 12.7. The first kappa shape index (κ1) is 17.1.